The van der Waals surface area contributed by atoms with Crippen molar-refractivity contribution in [2.75, 3.05) is 13.1 Å². The maximum absolute atomic E-state index is 12.7. The first-order valence-electron chi connectivity index (χ1n) is 3.53. The zero-order chi connectivity index (χ0) is 8.48. The van der Waals surface area contributed by atoms with Crippen LogP contribution in [-0.2, 0) is 0 Å². The van der Waals surface area contributed by atoms with E-state index < -0.39 is 11.9 Å². The van der Waals surface area contributed by atoms with Crippen molar-refractivity contribution < 1.29 is 13.2 Å². The molecule has 0 saturated carbocycles. The Morgan fingerprint density at radius 1 is 1.27 bits per heavy atom. The lowest BCUT2D eigenvalue weighted by molar-refractivity contribution is -0.116. The van der Waals surface area contributed by atoms with Gasteiger partial charge in [-0.15, -0.1) is 0 Å². The molecule has 0 aromatic heterocycles. The van der Waals surface area contributed by atoms with Crippen LogP contribution in [0.3, 0.4) is 0 Å². The van der Waals surface area contributed by atoms with Gasteiger partial charge in [0, 0.05) is 13.1 Å². The molecule has 64 valence electrons. The van der Waals surface area contributed by atoms with E-state index in [1.807, 2.05) is 0 Å². The number of alkyl halides is 2. The lowest BCUT2D eigenvalue weighted by atomic mass is 10.4. The van der Waals surface area contributed by atoms with Gasteiger partial charge in [-0.3, -0.25) is 0 Å². The third-order valence-corrected chi connectivity index (χ3v) is 1.83. The van der Waals surface area contributed by atoms with Gasteiger partial charge in [0.1, 0.15) is 0 Å². The molecule has 0 bridgehead atoms. The van der Waals surface area contributed by atoms with Gasteiger partial charge >= 0.3 is 6.05 Å². The van der Waals surface area contributed by atoms with Crippen LogP contribution in [0.25, 0.3) is 0 Å². The second kappa shape index (κ2) is 2.85. The molecule has 1 heterocycles. The summed E-state index contributed by atoms with van der Waals surface area (Å²) in [5.41, 5.74) is 0. The number of likely N-dealkylation sites (tertiary alicyclic amines) is 1. The first-order chi connectivity index (χ1) is 5.05. The fourth-order valence-corrected chi connectivity index (χ4v) is 1.17. The summed E-state index contributed by atoms with van der Waals surface area (Å²) in [6.45, 7) is 3.13. The van der Waals surface area contributed by atoms with Gasteiger partial charge in [-0.05, 0) is 12.8 Å². The Morgan fingerprint density at radius 2 is 1.73 bits per heavy atom. The van der Waals surface area contributed by atoms with Crippen molar-refractivity contribution in [3.63, 3.8) is 0 Å². The Hall–Kier alpha value is -0.510. The molecule has 4 heteroatoms. The Morgan fingerprint density at radius 3 is 2.09 bits per heavy atom. The summed E-state index contributed by atoms with van der Waals surface area (Å²) in [5, 5.41) is 0. The molecule has 1 nitrogen and oxygen atoms in total. The van der Waals surface area contributed by atoms with Crippen molar-refractivity contribution in [2.45, 2.75) is 18.9 Å². The smallest absolute Gasteiger partial charge is 0.238 e. The first-order valence-corrected chi connectivity index (χ1v) is 3.53. The summed E-state index contributed by atoms with van der Waals surface area (Å²) in [6.07, 6.45) is 1.42. The Balaban J connectivity index is 2.62. The van der Waals surface area contributed by atoms with Crippen LogP contribution in [0, 0.1) is 0 Å². The predicted molar refractivity (Wildman–Crippen MR) is 36.0 cm³/mol. The fraction of sp³-hybridized carbons (Fsp3) is 0.714. The van der Waals surface area contributed by atoms with E-state index in [1.165, 1.54) is 0 Å². The third-order valence-electron chi connectivity index (χ3n) is 1.83. The van der Waals surface area contributed by atoms with Gasteiger partial charge in [0.15, 0.2) is 5.83 Å². The molecule has 1 rings (SSSR count). The van der Waals surface area contributed by atoms with Gasteiger partial charge in [-0.25, -0.2) is 9.29 Å². The molecule has 0 N–H and O–H groups in total. The van der Waals surface area contributed by atoms with Crippen LogP contribution in [0.5, 0.6) is 0 Å². The summed E-state index contributed by atoms with van der Waals surface area (Å²) in [6, 6.07) is -3.45. The molecule has 1 aliphatic heterocycles. The van der Waals surface area contributed by atoms with Crippen LogP contribution >= 0.6 is 0 Å². The topological polar surface area (TPSA) is 3.24 Å². The van der Waals surface area contributed by atoms with Crippen LogP contribution in [0.2, 0.25) is 0 Å². The molecule has 0 spiro atoms. The lowest BCUT2D eigenvalue weighted by Gasteiger charge is -2.24. The van der Waals surface area contributed by atoms with Gasteiger partial charge in [0.05, 0.1) is 0 Å². The second-order valence-electron chi connectivity index (χ2n) is 2.64. The van der Waals surface area contributed by atoms with E-state index in [9.17, 15) is 13.2 Å². The summed E-state index contributed by atoms with van der Waals surface area (Å²) in [5.74, 6) is -1.56. The monoisotopic (exact) mass is 165 g/mol. The predicted octanol–water partition coefficient (Wildman–Crippen LogP) is 2.16. The standard InChI is InChI=1S/C7H10F3N/c1-6(8)7(9,10)11-4-2-3-5-11/h1-5H2. The van der Waals surface area contributed by atoms with E-state index in [4.69, 9.17) is 0 Å². The van der Waals surface area contributed by atoms with Crippen molar-refractivity contribution in [1.82, 2.24) is 4.90 Å². The molecule has 0 aromatic rings. The highest BCUT2D eigenvalue weighted by atomic mass is 19.3. The lowest BCUT2D eigenvalue weighted by Crippen LogP contribution is -2.39. The van der Waals surface area contributed by atoms with E-state index in [2.05, 4.69) is 6.58 Å². The van der Waals surface area contributed by atoms with Gasteiger partial charge in [-0.1, -0.05) is 6.58 Å². The molecule has 1 aliphatic rings. The highest BCUT2D eigenvalue weighted by Crippen LogP contribution is 2.31. The summed E-state index contributed by atoms with van der Waals surface area (Å²) in [7, 11) is 0. The average Bonchev–Trinajstić information content (AvgIpc) is 2.37. The summed E-state index contributed by atoms with van der Waals surface area (Å²) >= 11 is 0. The number of nitrogens with zero attached hydrogens (tertiary/aromatic N) is 1. The number of hydrogen-bond donors (Lipinski definition) is 0. The van der Waals surface area contributed by atoms with Crippen LogP contribution in [0.4, 0.5) is 13.2 Å². The van der Waals surface area contributed by atoms with E-state index in [0.717, 1.165) is 4.90 Å². The fourth-order valence-electron chi connectivity index (χ4n) is 1.17. The molecule has 0 unspecified atom stereocenters. The van der Waals surface area contributed by atoms with Gasteiger partial charge in [0.2, 0.25) is 0 Å². The highest BCUT2D eigenvalue weighted by molar-refractivity contribution is 4.97. The SMILES string of the molecule is C=C(F)C(F)(F)N1CCCC1. The van der Waals surface area contributed by atoms with E-state index in [-0.39, 0.29) is 13.1 Å². The molecular weight excluding hydrogens is 155 g/mol. The van der Waals surface area contributed by atoms with Crippen LogP contribution in [0.15, 0.2) is 12.4 Å². The molecule has 0 amide bonds. The number of hydrogen-bond acceptors (Lipinski definition) is 1. The zero-order valence-corrected chi connectivity index (χ0v) is 6.12. The number of rotatable bonds is 2. The third kappa shape index (κ3) is 1.56. The number of halogens is 3. The average molecular weight is 165 g/mol. The molecule has 1 fully saturated rings. The molecule has 0 aromatic carbocycles. The molecule has 0 radical (unpaired) electrons. The maximum Gasteiger partial charge on any atom is 0.357 e. The second-order valence-corrected chi connectivity index (χ2v) is 2.64. The Kier molecular flexibility index (Phi) is 2.23. The van der Waals surface area contributed by atoms with Crippen molar-refractivity contribution in [3.05, 3.63) is 12.4 Å². The van der Waals surface area contributed by atoms with Gasteiger partial charge in [0.25, 0.3) is 0 Å². The molecule has 1 saturated heterocycles. The zero-order valence-electron chi connectivity index (χ0n) is 6.12. The molecule has 11 heavy (non-hydrogen) atoms. The maximum atomic E-state index is 12.7. The summed E-state index contributed by atoms with van der Waals surface area (Å²) in [4.78, 5) is 0.815. The van der Waals surface area contributed by atoms with Crippen molar-refractivity contribution in [3.8, 4) is 0 Å². The first kappa shape index (κ1) is 8.59. The minimum atomic E-state index is -3.45. The normalized spacial score (nSPS) is 20.6. The van der Waals surface area contributed by atoms with Crippen molar-refractivity contribution in [1.29, 1.82) is 0 Å². The van der Waals surface area contributed by atoms with Crippen LogP contribution in [-0.4, -0.2) is 24.0 Å². The Bertz CT molecular complexity index is 161. The van der Waals surface area contributed by atoms with Crippen LogP contribution < -0.4 is 0 Å². The highest BCUT2D eigenvalue weighted by Gasteiger charge is 2.42. The minimum absolute atomic E-state index is 0.260. The van der Waals surface area contributed by atoms with E-state index in [0.29, 0.717) is 12.8 Å². The summed E-state index contributed by atoms with van der Waals surface area (Å²) < 4.78 is 37.6. The molecular formula is C7H10F3N. The van der Waals surface area contributed by atoms with Crippen molar-refractivity contribution >= 4 is 0 Å². The van der Waals surface area contributed by atoms with Crippen molar-refractivity contribution in [2.24, 2.45) is 0 Å². The van der Waals surface area contributed by atoms with Gasteiger partial charge in [-0.2, -0.15) is 8.78 Å². The van der Waals surface area contributed by atoms with E-state index in [1.54, 1.807) is 0 Å². The van der Waals surface area contributed by atoms with E-state index >= 15 is 0 Å². The Labute approximate surface area is 63.5 Å². The van der Waals surface area contributed by atoms with Gasteiger partial charge < -0.3 is 0 Å². The largest absolute Gasteiger partial charge is 0.357 e. The molecule has 0 atom stereocenters. The van der Waals surface area contributed by atoms with Crippen LogP contribution in [0.1, 0.15) is 12.8 Å². The quantitative estimate of drug-likeness (QED) is 0.567. The molecule has 0 aliphatic carbocycles. The minimum Gasteiger partial charge on any atom is -0.238 e.